The Kier molecular flexibility index (Phi) is 7.60. The van der Waals surface area contributed by atoms with E-state index in [0.717, 1.165) is 5.56 Å². The van der Waals surface area contributed by atoms with E-state index >= 15 is 0 Å². The Bertz CT molecular complexity index is 777. The van der Waals surface area contributed by atoms with Crippen molar-refractivity contribution in [3.63, 3.8) is 0 Å². The number of nitrogen functional groups attached to an aromatic ring is 2. The molecule has 0 unspecified atom stereocenters. The van der Waals surface area contributed by atoms with E-state index in [9.17, 15) is 0 Å². The van der Waals surface area contributed by atoms with E-state index in [0.29, 0.717) is 55.6 Å². The summed E-state index contributed by atoms with van der Waals surface area (Å²) in [5, 5.41) is 14.8. The third-order valence-corrected chi connectivity index (χ3v) is 3.74. The minimum atomic E-state index is -0.00415. The quantitative estimate of drug-likeness (QED) is 0.227. The van der Waals surface area contributed by atoms with Crippen LogP contribution in [0, 0.1) is 10.8 Å². The summed E-state index contributed by atoms with van der Waals surface area (Å²) in [6.45, 7) is 1.91. The number of hydrogen-bond donors (Lipinski definition) is 5. The molecule has 2 aromatic carbocycles. The first-order valence-corrected chi connectivity index (χ1v) is 8.46. The van der Waals surface area contributed by atoms with Gasteiger partial charge in [-0.15, -0.1) is 0 Å². The Hall–Kier alpha value is -3.10. The van der Waals surface area contributed by atoms with Crippen LogP contribution >= 0.6 is 0 Å². The SMILES string of the molecule is N=C(N)c1ccc(OCCOCCOc2ccc(C(=N)N)cc2CN)cc1. The molecular weight excluding hydrogens is 346 g/mol. The smallest absolute Gasteiger partial charge is 0.123 e. The van der Waals surface area contributed by atoms with Gasteiger partial charge in [0.1, 0.15) is 36.4 Å². The van der Waals surface area contributed by atoms with Gasteiger partial charge in [-0.05, 0) is 42.5 Å². The minimum Gasteiger partial charge on any atom is -0.491 e. The molecule has 144 valence electrons. The second kappa shape index (κ2) is 10.1. The average molecular weight is 371 g/mol. The van der Waals surface area contributed by atoms with Crippen LogP contribution in [-0.4, -0.2) is 38.1 Å². The van der Waals surface area contributed by atoms with E-state index in [1.807, 2.05) is 0 Å². The summed E-state index contributed by atoms with van der Waals surface area (Å²) in [5.41, 5.74) is 18.7. The van der Waals surface area contributed by atoms with Crippen molar-refractivity contribution in [2.75, 3.05) is 26.4 Å². The summed E-state index contributed by atoms with van der Waals surface area (Å²) in [4.78, 5) is 0. The van der Waals surface area contributed by atoms with Crippen molar-refractivity contribution in [3.8, 4) is 11.5 Å². The molecule has 2 aromatic rings. The molecule has 0 bridgehead atoms. The maximum absolute atomic E-state index is 7.45. The monoisotopic (exact) mass is 371 g/mol. The van der Waals surface area contributed by atoms with Crippen LogP contribution in [0.4, 0.5) is 0 Å². The largest absolute Gasteiger partial charge is 0.491 e. The maximum atomic E-state index is 7.45. The lowest BCUT2D eigenvalue weighted by atomic mass is 10.1. The third kappa shape index (κ3) is 6.28. The molecule has 0 aliphatic carbocycles. The van der Waals surface area contributed by atoms with Gasteiger partial charge in [-0.3, -0.25) is 10.8 Å². The van der Waals surface area contributed by atoms with Gasteiger partial charge < -0.3 is 31.4 Å². The van der Waals surface area contributed by atoms with Crippen molar-refractivity contribution in [1.29, 1.82) is 10.8 Å². The Balaban J connectivity index is 1.66. The lowest BCUT2D eigenvalue weighted by molar-refractivity contribution is 0.0762. The van der Waals surface area contributed by atoms with Gasteiger partial charge in [0, 0.05) is 23.2 Å². The second-order valence-electron chi connectivity index (χ2n) is 5.69. The molecule has 0 fully saturated rings. The molecule has 0 radical (unpaired) electrons. The molecule has 2 rings (SSSR count). The van der Waals surface area contributed by atoms with Gasteiger partial charge in [-0.2, -0.15) is 0 Å². The first-order valence-electron chi connectivity index (χ1n) is 8.46. The van der Waals surface area contributed by atoms with Crippen LogP contribution in [0.1, 0.15) is 16.7 Å². The predicted octanol–water partition coefficient (Wildman–Crippen LogP) is 1.19. The Morgan fingerprint density at radius 3 is 1.96 bits per heavy atom. The molecule has 8 heteroatoms. The highest BCUT2D eigenvalue weighted by Crippen LogP contribution is 2.19. The lowest BCUT2D eigenvalue weighted by Crippen LogP contribution is -2.15. The zero-order valence-corrected chi connectivity index (χ0v) is 15.0. The summed E-state index contributed by atoms with van der Waals surface area (Å²) in [5.74, 6) is 1.38. The topological polar surface area (TPSA) is 153 Å². The predicted molar refractivity (Wildman–Crippen MR) is 105 cm³/mol. The van der Waals surface area contributed by atoms with Crippen molar-refractivity contribution in [3.05, 3.63) is 59.2 Å². The second-order valence-corrected chi connectivity index (χ2v) is 5.69. The summed E-state index contributed by atoms with van der Waals surface area (Å²) in [6, 6.07) is 12.2. The summed E-state index contributed by atoms with van der Waals surface area (Å²) in [6.07, 6.45) is 0. The molecule has 0 atom stereocenters. The van der Waals surface area contributed by atoms with Crippen molar-refractivity contribution >= 4 is 11.7 Å². The molecule has 0 aliphatic rings. The third-order valence-electron chi connectivity index (χ3n) is 3.74. The first-order chi connectivity index (χ1) is 13.0. The van der Waals surface area contributed by atoms with Gasteiger partial charge in [-0.25, -0.2) is 0 Å². The summed E-state index contributed by atoms with van der Waals surface area (Å²) >= 11 is 0. The van der Waals surface area contributed by atoms with Crippen molar-refractivity contribution in [1.82, 2.24) is 0 Å². The van der Waals surface area contributed by atoms with E-state index < -0.39 is 0 Å². The highest BCUT2D eigenvalue weighted by Gasteiger charge is 2.06. The number of rotatable bonds is 11. The molecule has 0 saturated heterocycles. The van der Waals surface area contributed by atoms with Crippen molar-refractivity contribution < 1.29 is 14.2 Å². The fraction of sp³-hybridized carbons (Fsp3) is 0.263. The van der Waals surface area contributed by atoms with E-state index in [4.69, 9.17) is 42.2 Å². The number of ether oxygens (including phenoxy) is 3. The van der Waals surface area contributed by atoms with Gasteiger partial charge in [0.2, 0.25) is 0 Å². The van der Waals surface area contributed by atoms with E-state index in [1.165, 1.54) is 0 Å². The Morgan fingerprint density at radius 2 is 1.37 bits per heavy atom. The molecule has 0 amide bonds. The molecule has 0 saturated carbocycles. The van der Waals surface area contributed by atoms with Crippen LogP contribution in [0.25, 0.3) is 0 Å². The molecule has 0 aliphatic heterocycles. The number of nitrogens with two attached hydrogens (primary N) is 3. The number of nitrogens with one attached hydrogen (secondary N) is 2. The van der Waals surface area contributed by atoms with Crippen molar-refractivity contribution in [2.24, 2.45) is 17.2 Å². The van der Waals surface area contributed by atoms with Gasteiger partial charge in [0.25, 0.3) is 0 Å². The zero-order valence-electron chi connectivity index (χ0n) is 15.0. The van der Waals surface area contributed by atoms with Crippen LogP contribution in [0.5, 0.6) is 11.5 Å². The maximum Gasteiger partial charge on any atom is 0.123 e. The van der Waals surface area contributed by atoms with E-state index in [2.05, 4.69) is 0 Å². The Labute approximate surface area is 158 Å². The number of benzene rings is 2. The molecular formula is C19H25N5O3. The number of hydrogen-bond acceptors (Lipinski definition) is 6. The fourth-order valence-electron chi connectivity index (χ4n) is 2.31. The van der Waals surface area contributed by atoms with Crippen LogP contribution in [-0.2, 0) is 11.3 Å². The standard InChI is InChI=1S/C19H25N5O3/c20-12-15-11-14(19(23)24)3-6-17(15)27-10-8-25-7-9-26-16-4-1-13(2-5-16)18(21)22/h1-6,11H,7-10,12,20H2,(H3,21,22)(H3,23,24). The van der Waals surface area contributed by atoms with Gasteiger partial charge >= 0.3 is 0 Å². The van der Waals surface area contributed by atoms with Crippen molar-refractivity contribution in [2.45, 2.75) is 6.54 Å². The highest BCUT2D eigenvalue weighted by molar-refractivity contribution is 5.95. The zero-order chi connectivity index (χ0) is 19.6. The van der Waals surface area contributed by atoms with Crippen LogP contribution < -0.4 is 26.7 Å². The molecule has 0 heterocycles. The van der Waals surface area contributed by atoms with Gasteiger partial charge in [0.05, 0.1) is 13.2 Å². The Morgan fingerprint density at radius 1 is 0.778 bits per heavy atom. The first kappa shape index (κ1) is 20.2. The van der Waals surface area contributed by atoms with Crippen LogP contribution in [0.2, 0.25) is 0 Å². The molecule has 8 nitrogen and oxygen atoms in total. The normalized spacial score (nSPS) is 10.4. The van der Waals surface area contributed by atoms with Crippen LogP contribution in [0.3, 0.4) is 0 Å². The molecule has 0 aromatic heterocycles. The fourth-order valence-corrected chi connectivity index (χ4v) is 2.31. The lowest BCUT2D eigenvalue weighted by Gasteiger charge is -2.12. The van der Waals surface area contributed by atoms with Gasteiger partial charge in [0.15, 0.2) is 0 Å². The van der Waals surface area contributed by atoms with E-state index in [1.54, 1.807) is 42.5 Å². The number of amidine groups is 2. The summed E-state index contributed by atoms with van der Waals surface area (Å²) in [7, 11) is 0. The molecule has 27 heavy (non-hydrogen) atoms. The van der Waals surface area contributed by atoms with Gasteiger partial charge in [-0.1, -0.05) is 0 Å². The molecule has 8 N–H and O–H groups in total. The average Bonchev–Trinajstić information content (AvgIpc) is 2.67. The van der Waals surface area contributed by atoms with E-state index in [-0.39, 0.29) is 11.7 Å². The summed E-state index contributed by atoms with van der Waals surface area (Å²) < 4.78 is 16.7. The minimum absolute atomic E-state index is 0.00415. The molecule has 0 spiro atoms. The van der Waals surface area contributed by atoms with Crippen LogP contribution in [0.15, 0.2) is 42.5 Å². The highest BCUT2D eigenvalue weighted by atomic mass is 16.5.